The van der Waals surface area contributed by atoms with Gasteiger partial charge in [0.05, 0.1) is 35.9 Å². The van der Waals surface area contributed by atoms with Crippen molar-refractivity contribution in [1.29, 1.82) is 0 Å². The first-order valence-electron chi connectivity index (χ1n) is 10.2. The molecule has 0 radical (unpaired) electrons. The molecule has 30 heavy (non-hydrogen) atoms. The molecule has 0 aliphatic carbocycles. The quantitative estimate of drug-likeness (QED) is 0.664. The van der Waals surface area contributed by atoms with Gasteiger partial charge in [-0.25, -0.2) is 13.1 Å². The van der Waals surface area contributed by atoms with Gasteiger partial charge in [-0.05, 0) is 49.4 Å². The Labute approximate surface area is 176 Å². The van der Waals surface area contributed by atoms with Gasteiger partial charge in [-0.3, -0.25) is 4.79 Å². The van der Waals surface area contributed by atoms with E-state index >= 15 is 0 Å². The molecule has 1 N–H and O–H groups in total. The lowest BCUT2D eigenvalue weighted by molar-refractivity contribution is -0.115. The van der Waals surface area contributed by atoms with Gasteiger partial charge in [-0.15, -0.1) is 0 Å². The van der Waals surface area contributed by atoms with Gasteiger partial charge in [0.1, 0.15) is 11.4 Å². The molecule has 0 spiro atoms. The van der Waals surface area contributed by atoms with E-state index in [2.05, 4.69) is 37.3 Å². The van der Waals surface area contributed by atoms with Crippen molar-refractivity contribution in [2.45, 2.75) is 52.5 Å². The number of nitrogens with one attached hydrogen (secondary N) is 1. The van der Waals surface area contributed by atoms with Crippen molar-refractivity contribution in [3.63, 3.8) is 0 Å². The Hall–Kier alpha value is -2.61. The van der Waals surface area contributed by atoms with Crippen LogP contribution in [0.25, 0.3) is 11.0 Å². The lowest BCUT2D eigenvalue weighted by atomic mass is 9.95. The van der Waals surface area contributed by atoms with Crippen LogP contribution in [-0.4, -0.2) is 35.6 Å². The number of carbonyl (C=O) groups excluding carboxylic acids is 1. The topological polar surface area (TPSA) is 94.2 Å². The van der Waals surface area contributed by atoms with E-state index in [-0.39, 0.29) is 29.9 Å². The number of sulfone groups is 1. The highest BCUT2D eigenvalue weighted by Crippen LogP contribution is 2.30. The summed E-state index contributed by atoms with van der Waals surface area (Å²) >= 11 is 0. The van der Waals surface area contributed by atoms with E-state index in [0.29, 0.717) is 18.2 Å². The molecule has 7 nitrogen and oxygen atoms in total. The molecular weight excluding hydrogens is 402 g/mol. The highest BCUT2D eigenvalue weighted by atomic mass is 32.2. The van der Waals surface area contributed by atoms with Gasteiger partial charge in [0.25, 0.3) is 0 Å². The van der Waals surface area contributed by atoms with Crippen LogP contribution >= 0.6 is 0 Å². The molecule has 1 aliphatic rings. The zero-order valence-electron chi connectivity index (χ0n) is 17.7. The molecule has 1 aromatic carbocycles. The normalized spacial score (nSPS) is 18.4. The third-order valence-corrected chi connectivity index (χ3v) is 7.45. The fourth-order valence-electron chi connectivity index (χ4n) is 4.22. The van der Waals surface area contributed by atoms with Crippen LogP contribution in [-0.2, 0) is 21.1 Å². The molecule has 0 saturated carbocycles. The number of nitrogens with zero attached hydrogens (tertiary/aromatic N) is 2. The molecule has 3 heterocycles. The van der Waals surface area contributed by atoms with E-state index in [1.807, 2.05) is 13.0 Å². The molecule has 1 atom stereocenters. The first-order valence-corrected chi connectivity index (χ1v) is 12.0. The van der Waals surface area contributed by atoms with Gasteiger partial charge in [-0.2, -0.15) is 5.10 Å². The summed E-state index contributed by atoms with van der Waals surface area (Å²) in [5.74, 6) is 0.937. The number of benzene rings is 1. The van der Waals surface area contributed by atoms with E-state index in [1.165, 1.54) is 11.1 Å². The van der Waals surface area contributed by atoms with Crippen molar-refractivity contribution in [3.8, 4) is 0 Å². The van der Waals surface area contributed by atoms with Gasteiger partial charge >= 0.3 is 0 Å². The number of furan rings is 1. The van der Waals surface area contributed by atoms with E-state index in [4.69, 9.17) is 4.42 Å². The largest absolute Gasteiger partial charge is 0.464 e. The number of rotatable bonds is 5. The molecule has 3 aromatic rings. The molecule has 1 fully saturated rings. The second kappa shape index (κ2) is 7.58. The van der Waals surface area contributed by atoms with Gasteiger partial charge in [0.15, 0.2) is 9.84 Å². The summed E-state index contributed by atoms with van der Waals surface area (Å²) in [6, 6.07) is 5.66. The standard InChI is InChI=1S/C22H27N3O4S/c1-13(2)18-10-19-16(11-29-20(19)7-14(18)3)9-22(26)23-21-8-15(4)24-25(21)17-5-6-30(27,28)12-17/h7-8,10-11,13,17H,5-6,9,12H2,1-4H3,(H,23,26)/t17-/m0/s1. The predicted molar refractivity (Wildman–Crippen MR) is 117 cm³/mol. The number of aromatic nitrogens is 2. The summed E-state index contributed by atoms with van der Waals surface area (Å²) in [5.41, 5.74) is 4.75. The maximum atomic E-state index is 12.8. The lowest BCUT2D eigenvalue weighted by Gasteiger charge is -2.14. The first-order chi connectivity index (χ1) is 14.1. The minimum absolute atomic E-state index is 0.0562. The van der Waals surface area contributed by atoms with Crippen LogP contribution in [0.1, 0.15) is 54.6 Å². The first kappa shape index (κ1) is 20.7. The zero-order valence-corrected chi connectivity index (χ0v) is 18.5. The van der Waals surface area contributed by atoms with Gasteiger partial charge < -0.3 is 9.73 Å². The molecule has 4 rings (SSSR count). The third kappa shape index (κ3) is 4.01. The van der Waals surface area contributed by atoms with Crippen molar-refractivity contribution < 1.29 is 17.6 Å². The van der Waals surface area contributed by atoms with Crippen LogP contribution in [0.15, 0.2) is 28.9 Å². The highest BCUT2D eigenvalue weighted by Gasteiger charge is 2.31. The van der Waals surface area contributed by atoms with Crippen molar-refractivity contribution >= 4 is 32.5 Å². The Balaban J connectivity index is 1.56. The van der Waals surface area contributed by atoms with Crippen LogP contribution < -0.4 is 5.32 Å². The molecule has 0 bridgehead atoms. The van der Waals surface area contributed by atoms with Crippen LogP contribution in [0.4, 0.5) is 5.82 Å². The van der Waals surface area contributed by atoms with E-state index < -0.39 is 9.84 Å². The average molecular weight is 430 g/mol. The molecule has 1 saturated heterocycles. The van der Waals surface area contributed by atoms with Crippen molar-refractivity contribution in [2.24, 2.45) is 0 Å². The Kier molecular flexibility index (Phi) is 5.22. The molecular formula is C22H27N3O4S. The van der Waals surface area contributed by atoms with Gasteiger partial charge in [0, 0.05) is 17.0 Å². The number of aryl methyl sites for hydroxylation is 2. The van der Waals surface area contributed by atoms with Crippen molar-refractivity contribution in [3.05, 3.63) is 46.8 Å². The Morgan fingerprint density at radius 3 is 2.73 bits per heavy atom. The maximum absolute atomic E-state index is 12.8. The SMILES string of the molecule is Cc1cc(NC(=O)Cc2coc3cc(C)c(C(C)C)cc23)n([C@H]2CCS(=O)(=O)C2)n1. The molecule has 1 aliphatic heterocycles. The second-order valence-corrected chi connectivity index (χ2v) is 10.7. The monoisotopic (exact) mass is 429 g/mol. The van der Waals surface area contributed by atoms with Crippen LogP contribution in [0, 0.1) is 13.8 Å². The third-order valence-electron chi connectivity index (χ3n) is 5.70. The molecule has 8 heteroatoms. The molecule has 2 aromatic heterocycles. The van der Waals surface area contributed by atoms with E-state index in [1.54, 1.807) is 17.0 Å². The fourth-order valence-corrected chi connectivity index (χ4v) is 5.91. The van der Waals surface area contributed by atoms with Crippen LogP contribution in [0.2, 0.25) is 0 Å². The Bertz CT molecular complexity index is 1220. The average Bonchev–Trinajstić information content (AvgIpc) is 3.31. The summed E-state index contributed by atoms with van der Waals surface area (Å²) in [4.78, 5) is 12.8. The van der Waals surface area contributed by atoms with Crippen LogP contribution in [0.3, 0.4) is 0 Å². The fraction of sp³-hybridized carbons (Fsp3) is 0.455. The summed E-state index contributed by atoms with van der Waals surface area (Å²) in [6.07, 6.45) is 2.32. The molecule has 0 unspecified atom stereocenters. The lowest BCUT2D eigenvalue weighted by Crippen LogP contribution is -2.20. The van der Waals surface area contributed by atoms with Crippen molar-refractivity contribution in [2.75, 3.05) is 16.8 Å². The van der Waals surface area contributed by atoms with E-state index in [9.17, 15) is 13.2 Å². The summed E-state index contributed by atoms with van der Waals surface area (Å²) < 4.78 is 31.0. The number of hydrogen-bond acceptors (Lipinski definition) is 5. The van der Waals surface area contributed by atoms with Crippen molar-refractivity contribution in [1.82, 2.24) is 9.78 Å². The molecule has 160 valence electrons. The minimum Gasteiger partial charge on any atom is -0.464 e. The Morgan fingerprint density at radius 2 is 2.07 bits per heavy atom. The minimum atomic E-state index is -3.05. The maximum Gasteiger partial charge on any atom is 0.230 e. The number of hydrogen-bond donors (Lipinski definition) is 1. The van der Waals surface area contributed by atoms with E-state index in [0.717, 1.165) is 22.2 Å². The number of anilines is 1. The smallest absolute Gasteiger partial charge is 0.230 e. The van der Waals surface area contributed by atoms with Crippen LogP contribution in [0.5, 0.6) is 0 Å². The highest BCUT2D eigenvalue weighted by molar-refractivity contribution is 7.91. The Morgan fingerprint density at radius 1 is 1.30 bits per heavy atom. The predicted octanol–water partition coefficient (Wildman–Crippen LogP) is 3.91. The number of carbonyl (C=O) groups is 1. The summed E-state index contributed by atoms with van der Waals surface area (Å²) in [6.45, 7) is 8.19. The number of fused-ring (bicyclic) bond motifs is 1. The van der Waals surface area contributed by atoms with Gasteiger partial charge in [-0.1, -0.05) is 13.8 Å². The van der Waals surface area contributed by atoms with Gasteiger partial charge in [0.2, 0.25) is 5.91 Å². The summed E-state index contributed by atoms with van der Waals surface area (Å²) in [5, 5.41) is 8.28. The zero-order chi connectivity index (χ0) is 21.6. The molecule has 1 amide bonds. The number of amides is 1. The summed E-state index contributed by atoms with van der Waals surface area (Å²) in [7, 11) is -3.05. The second-order valence-electron chi connectivity index (χ2n) is 8.52.